The lowest BCUT2D eigenvalue weighted by Crippen LogP contribution is -2.31. The fourth-order valence-electron chi connectivity index (χ4n) is 3.06. The summed E-state index contributed by atoms with van der Waals surface area (Å²) in [6, 6.07) is 9.08. The molecule has 3 rings (SSSR count). The first kappa shape index (κ1) is 15.6. The maximum Gasteiger partial charge on any atom is 0.257 e. The number of nitrogens with zero attached hydrogens (tertiary/aromatic N) is 1. The molecular formula is C17H17ClN2O3. The minimum atomic E-state index is -0.530. The normalized spacial score (nSPS) is 17.4. The van der Waals surface area contributed by atoms with Gasteiger partial charge in [-0.05, 0) is 30.5 Å². The second-order valence-corrected chi connectivity index (χ2v) is 5.99. The fraction of sp³-hybridized carbons (Fsp3) is 0.294. The van der Waals surface area contributed by atoms with Gasteiger partial charge >= 0.3 is 0 Å². The van der Waals surface area contributed by atoms with Crippen LogP contribution in [0.1, 0.15) is 40.6 Å². The zero-order valence-electron chi connectivity index (χ0n) is 12.5. The van der Waals surface area contributed by atoms with Gasteiger partial charge in [0.25, 0.3) is 5.91 Å². The van der Waals surface area contributed by atoms with Crippen LogP contribution in [0.5, 0.6) is 0 Å². The van der Waals surface area contributed by atoms with Gasteiger partial charge in [-0.3, -0.25) is 9.59 Å². The van der Waals surface area contributed by atoms with Gasteiger partial charge in [0, 0.05) is 11.6 Å². The lowest BCUT2D eigenvalue weighted by molar-refractivity contribution is -0.117. The Labute approximate surface area is 139 Å². The zero-order valence-corrected chi connectivity index (χ0v) is 13.3. The van der Waals surface area contributed by atoms with Gasteiger partial charge in [-0.1, -0.05) is 29.8 Å². The number of carbonyl (C=O) groups excluding carboxylic acids is 2. The Morgan fingerprint density at radius 1 is 1.30 bits per heavy atom. The number of primary amides is 1. The Bertz CT molecular complexity index is 741. The van der Waals surface area contributed by atoms with Gasteiger partial charge < -0.3 is 15.1 Å². The van der Waals surface area contributed by atoms with Gasteiger partial charge in [0.05, 0.1) is 24.3 Å². The van der Waals surface area contributed by atoms with E-state index in [1.54, 1.807) is 11.0 Å². The third-order valence-electron chi connectivity index (χ3n) is 4.09. The molecule has 2 aromatic rings. The highest BCUT2D eigenvalue weighted by Gasteiger charge is 2.33. The van der Waals surface area contributed by atoms with Crippen LogP contribution in [0.3, 0.4) is 0 Å². The highest BCUT2D eigenvalue weighted by molar-refractivity contribution is 6.31. The summed E-state index contributed by atoms with van der Waals surface area (Å²) in [6.45, 7) is 0.649. The molecule has 1 fully saturated rings. The highest BCUT2D eigenvalue weighted by atomic mass is 35.5. The van der Waals surface area contributed by atoms with Crippen LogP contribution in [-0.2, 0) is 11.2 Å². The molecule has 1 aromatic carbocycles. The van der Waals surface area contributed by atoms with Gasteiger partial charge in [-0.15, -0.1) is 0 Å². The van der Waals surface area contributed by atoms with E-state index in [0.29, 0.717) is 22.9 Å². The Hall–Kier alpha value is -2.27. The molecule has 1 saturated heterocycles. The van der Waals surface area contributed by atoms with E-state index >= 15 is 0 Å². The molecule has 6 heteroatoms. The topological polar surface area (TPSA) is 76.5 Å². The Balaban J connectivity index is 1.89. The molecule has 0 aliphatic carbocycles. The maximum atomic E-state index is 12.9. The van der Waals surface area contributed by atoms with Crippen molar-refractivity contribution in [2.45, 2.75) is 25.3 Å². The molecular weight excluding hydrogens is 316 g/mol. The van der Waals surface area contributed by atoms with E-state index in [1.807, 2.05) is 24.3 Å². The summed E-state index contributed by atoms with van der Waals surface area (Å²) in [5.41, 5.74) is 6.54. The fourth-order valence-corrected chi connectivity index (χ4v) is 3.32. The van der Waals surface area contributed by atoms with Crippen LogP contribution in [-0.4, -0.2) is 23.3 Å². The maximum absolute atomic E-state index is 12.9. The number of benzene rings is 1. The summed E-state index contributed by atoms with van der Waals surface area (Å²) in [4.78, 5) is 25.8. The molecule has 120 valence electrons. The van der Waals surface area contributed by atoms with Crippen molar-refractivity contribution < 1.29 is 14.0 Å². The largest absolute Gasteiger partial charge is 0.468 e. The van der Waals surface area contributed by atoms with Crippen molar-refractivity contribution in [1.82, 2.24) is 4.90 Å². The van der Waals surface area contributed by atoms with Gasteiger partial charge in [0.2, 0.25) is 5.91 Å². The van der Waals surface area contributed by atoms with Crippen molar-refractivity contribution in [3.8, 4) is 0 Å². The van der Waals surface area contributed by atoms with Crippen molar-refractivity contribution in [3.63, 3.8) is 0 Å². The average molecular weight is 333 g/mol. The van der Waals surface area contributed by atoms with E-state index in [9.17, 15) is 9.59 Å². The van der Waals surface area contributed by atoms with Gasteiger partial charge in [-0.2, -0.15) is 0 Å². The Morgan fingerprint density at radius 3 is 2.83 bits per heavy atom. The van der Waals surface area contributed by atoms with Crippen molar-refractivity contribution in [1.29, 1.82) is 0 Å². The second kappa shape index (κ2) is 6.46. The number of nitrogens with two attached hydrogens (primary N) is 1. The summed E-state index contributed by atoms with van der Waals surface area (Å²) in [7, 11) is 0. The molecule has 2 amide bonds. The van der Waals surface area contributed by atoms with Crippen LogP contribution in [0.25, 0.3) is 0 Å². The van der Waals surface area contributed by atoms with Gasteiger partial charge in [-0.25, -0.2) is 0 Å². The number of rotatable bonds is 4. The molecule has 0 radical (unpaired) electrons. The van der Waals surface area contributed by atoms with Crippen molar-refractivity contribution in [2.24, 2.45) is 5.73 Å². The summed E-state index contributed by atoms with van der Waals surface area (Å²) in [5.74, 6) is -0.372. The highest BCUT2D eigenvalue weighted by Crippen LogP contribution is 2.36. The Kier molecular flexibility index (Phi) is 4.39. The lowest BCUT2D eigenvalue weighted by Gasteiger charge is -2.25. The van der Waals surface area contributed by atoms with Crippen LogP contribution in [0, 0.1) is 0 Å². The molecule has 0 spiro atoms. The first-order valence-electron chi connectivity index (χ1n) is 7.48. The summed E-state index contributed by atoms with van der Waals surface area (Å²) in [5, 5.41) is 0.654. The quantitative estimate of drug-likeness (QED) is 0.935. The van der Waals surface area contributed by atoms with E-state index in [0.717, 1.165) is 18.4 Å². The molecule has 1 aromatic heterocycles. The van der Waals surface area contributed by atoms with Crippen molar-refractivity contribution in [3.05, 3.63) is 58.5 Å². The van der Waals surface area contributed by atoms with Crippen LogP contribution >= 0.6 is 11.6 Å². The molecule has 2 N–H and O–H groups in total. The molecule has 2 heterocycles. The predicted molar refractivity (Wildman–Crippen MR) is 86.1 cm³/mol. The number of hydrogen-bond donors (Lipinski definition) is 1. The third-order valence-corrected chi connectivity index (χ3v) is 4.43. The number of carbonyl (C=O) groups is 2. The number of likely N-dealkylation sites (tertiary alicyclic amines) is 1. The molecule has 1 aliphatic heterocycles. The van der Waals surface area contributed by atoms with Crippen LogP contribution in [0.15, 0.2) is 41.0 Å². The van der Waals surface area contributed by atoms with E-state index < -0.39 is 5.91 Å². The van der Waals surface area contributed by atoms with E-state index in [2.05, 4.69) is 0 Å². The van der Waals surface area contributed by atoms with E-state index in [1.165, 1.54) is 6.26 Å². The first-order chi connectivity index (χ1) is 11.1. The SMILES string of the molecule is NC(=O)Cc1occc1C(=O)N1CCCC1c1ccccc1Cl. The average Bonchev–Trinajstić information content (AvgIpc) is 3.15. The lowest BCUT2D eigenvalue weighted by atomic mass is 10.0. The predicted octanol–water partition coefficient (Wildman–Crippen LogP) is 2.94. The molecule has 0 bridgehead atoms. The summed E-state index contributed by atoms with van der Waals surface area (Å²) in [6.07, 6.45) is 3.09. The van der Waals surface area contributed by atoms with E-state index in [-0.39, 0.29) is 18.4 Å². The molecule has 5 nitrogen and oxygen atoms in total. The molecule has 0 saturated carbocycles. The van der Waals surface area contributed by atoms with Crippen LogP contribution in [0.4, 0.5) is 0 Å². The second-order valence-electron chi connectivity index (χ2n) is 5.58. The standard InChI is InChI=1S/C17H17ClN2O3/c18-13-5-2-1-4-11(13)14-6-3-8-20(14)17(22)12-7-9-23-15(12)10-16(19)21/h1-2,4-5,7,9,14H,3,6,8,10H2,(H2,19,21). The molecule has 1 aliphatic rings. The minimum absolute atomic E-state index is 0.0625. The molecule has 1 unspecified atom stereocenters. The number of hydrogen-bond acceptors (Lipinski definition) is 3. The van der Waals surface area contributed by atoms with Gasteiger partial charge in [0.1, 0.15) is 5.76 Å². The van der Waals surface area contributed by atoms with Crippen molar-refractivity contribution >= 4 is 23.4 Å². The number of halogens is 1. The molecule has 23 heavy (non-hydrogen) atoms. The van der Waals surface area contributed by atoms with Crippen molar-refractivity contribution in [2.75, 3.05) is 6.54 Å². The van der Waals surface area contributed by atoms with Gasteiger partial charge in [0.15, 0.2) is 0 Å². The zero-order chi connectivity index (χ0) is 16.4. The third kappa shape index (κ3) is 3.10. The molecule has 1 atom stereocenters. The summed E-state index contributed by atoms with van der Waals surface area (Å²) < 4.78 is 5.25. The number of furan rings is 1. The van der Waals surface area contributed by atoms with Crippen LogP contribution < -0.4 is 5.73 Å². The minimum Gasteiger partial charge on any atom is -0.468 e. The van der Waals surface area contributed by atoms with E-state index in [4.69, 9.17) is 21.8 Å². The monoisotopic (exact) mass is 332 g/mol. The summed E-state index contributed by atoms with van der Waals surface area (Å²) >= 11 is 6.28. The number of amides is 2. The first-order valence-corrected chi connectivity index (χ1v) is 7.86. The Morgan fingerprint density at radius 2 is 2.09 bits per heavy atom. The van der Waals surface area contributed by atoms with Crippen LogP contribution in [0.2, 0.25) is 5.02 Å². The smallest absolute Gasteiger partial charge is 0.257 e.